The van der Waals surface area contributed by atoms with Crippen LogP contribution in [0.1, 0.15) is 43.8 Å². The molecule has 0 N–H and O–H groups in total. The Morgan fingerprint density at radius 1 is 1.26 bits per heavy atom. The van der Waals surface area contributed by atoms with Gasteiger partial charge in [-0.25, -0.2) is 0 Å². The number of carbonyl (C=O) groups is 1. The summed E-state index contributed by atoms with van der Waals surface area (Å²) in [6.07, 6.45) is 2.70. The lowest BCUT2D eigenvalue weighted by atomic mass is 9.97. The summed E-state index contributed by atoms with van der Waals surface area (Å²) in [4.78, 5) is 16.3. The van der Waals surface area contributed by atoms with Gasteiger partial charge in [0.05, 0.1) is 19.8 Å². The number of likely N-dealkylation sites (tertiary alicyclic amines) is 1. The van der Waals surface area contributed by atoms with Crippen LogP contribution in [0.5, 0.6) is 0 Å². The number of carbonyl (C=O) groups excluding carboxylic acids is 1. The molecule has 3 heterocycles. The van der Waals surface area contributed by atoms with Crippen LogP contribution in [0, 0.1) is 0 Å². The number of ether oxygens (including phenoxy) is 1. The van der Waals surface area contributed by atoms with Gasteiger partial charge in [-0.15, -0.1) is 10.2 Å². The number of hydrogen-bond acceptors (Lipinski definition) is 5. The lowest BCUT2D eigenvalue weighted by Gasteiger charge is -2.32. The van der Waals surface area contributed by atoms with Crippen molar-refractivity contribution in [3.8, 4) is 0 Å². The van der Waals surface area contributed by atoms with E-state index in [0.717, 1.165) is 70.4 Å². The van der Waals surface area contributed by atoms with Gasteiger partial charge in [0.25, 0.3) is 0 Å². The third-order valence-electron chi connectivity index (χ3n) is 4.91. The van der Waals surface area contributed by atoms with E-state index in [4.69, 9.17) is 4.74 Å². The van der Waals surface area contributed by atoms with Crippen molar-refractivity contribution in [2.45, 2.75) is 38.6 Å². The third-order valence-corrected chi connectivity index (χ3v) is 4.91. The van der Waals surface area contributed by atoms with Gasteiger partial charge in [-0.3, -0.25) is 9.69 Å². The number of hydrogen-bond donors (Lipinski definition) is 0. The molecular weight excluding hydrogens is 294 g/mol. The molecule has 128 valence electrons. The molecule has 2 aliphatic heterocycles. The minimum Gasteiger partial charge on any atom is -0.379 e. The first-order chi connectivity index (χ1) is 11.2. The fourth-order valence-corrected chi connectivity index (χ4v) is 3.47. The van der Waals surface area contributed by atoms with Crippen molar-refractivity contribution in [1.29, 1.82) is 0 Å². The molecule has 1 aromatic heterocycles. The monoisotopic (exact) mass is 321 g/mol. The van der Waals surface area contributed by atoms with Gasteiger partial charge < -0.3 is 14.2 Å². The highest BCUT2D eigenvalue weighted by Crippen LogP contribution is 2.26. The van der Waals surface area contributed by atoms with Crippen LogP contribution in [0.15, 0.2) is 0 Å². The molecule has 0 spiro atoms. The standard InChI is InChI=1S/C16H27N5O2/c1-3-15(22)21-6-4-5-13(11-21)16-18-17-14(19(16)2)12-20-7-9-23-10-8-20/h13H,3-12H2,1-2H3/t13-/m1/s1. The van der Waals surface area contributed by atoms with Crippen LogP contribution >= 0.6 is 0 Å². The van der Waals surface area contributed by atoms with Gasteiger partial charge in [0.2, 0.25) is 5.91 Å². The minimum absolute atomic E-state index is 0.241. The second kappa shape index (κ2) is 7.40. The van der Waals surface area contributed by atoms with Crippen LogP contribution in [-0.4, -0.2) is 69.9 Å². The first-order valence-electron chi connectivity index (χ1n) is 8.65. The first kappa shape index (κ1) is 16.4. The quantitative estimate of drug-likeness (QED) is 0.819. The maximum atomic E-state index is 12.0. The normalized spacial score (nSPS) is 23.2. The molecule has 0 aliphatic carbocycles. The Labute approximate surface area is 137 Å². The van der Waals surface area contributed by atoms with Crippen molar-refractivity contribution in [2.75, 3.05) is 39.4 Å². The molecule has 2 saturated heterocycles. The molecule has 1 amide bonds. The van der Waals surface area contributed by atoms with Gasteiger partial charge in [0.15, 0.2) is 0 Å². The van der Waals surface area contributed by atoms with Gasteiger partial charge in [0.1, 0.15) is 11.6 Å². The van der Waals surface area contributed by atoms with E-state index >= 15 is 0 Å². The lowest BCUT2D eigenvalue weighted by Crippen LogP contribution is -2.39. The third kappa shape index (κ3) is 3.72. The summed E-state index contributed by atoms with van der Waals surface area (Å²) < 4.78 is 7.52. The zero-order chi connectivity index (χ0) is 16.2. The summed E-state index contributed by atoms with van der Waals surface area (Å²) in [5.74, 6) is 2.56. The Morgan fingerprint density at radius 2 is 2.04 bits per heavy atom. The summed E-state index contributed by atoms with van der Waals surface area (Å²) >= 11 is 0. The predicted octanol–water partition coefficient (Wildman–Crippen LogP) is 0.763. The average Bonchev–Trinajstić information content (AvgIpc) is 2.96. The fraction of sp³-hybridized carbons (Fsp3) is 0.812. The number of piperidine rings is 1. The SMILES string of the molecule is CCC(=O)N1CCC[C@@H](c2nnc(CN3CCOCC3)n2C)C1. The molecule has 2 aliphatic rings. The van der Waals surface area contributed by atoms with Crippen LogP contribution in [-0.2, 0) is 23.1 Å². The lowest BCUT2D eigenvalue weighted by molar-refractivity contribution is -0.132. The molecular formula is C16H27N5O2. The largest absolute Gasteiger partial charge is 0.379 e. The second-order valence-corrected chi connectivity index (χ2v) is 6.45. The van der Waals surface area contributed by atoms with Crippen LogP contribution in [0.4, 0.5) is 0 Å². The molecule has 0 radical (unpaired) electrons. The molecule has 0 aromatic carbocycles. The predicted molar refractivity (Wildman–Crippen MR) is 85.9 cm³/mol. The first-order valence-corrected chi connectivity index (χ1v) is 8.65. The van der Waals surface area contributed by atoms with E-state index in [1.807, 2.05) is 18.9 Å². The molecule has 7 nitrogen and oxygen atoms in total. The van der Waals surface area contributed by atoms with Crippen LogP contribution in [0.25, 0.3) is 0 Å². The highest BCUT2D eigenvalue weighted by Gasteiger charge is 2.28. The molecule has 7 heteroatoms. The Hall–Kier alpha value is -1.47. The highest BCUT2D eigenvalue weighted by atomic mass is 16.5. The summed E-state index contributed by atoms with van der Waals surface area (Å²) in [5.41, 5.74) is 0. The molecule has 0 bridgehead atoms. The molecule has 3 rings (SSSR count). The maximum absolute atomic E-state index is 12.0. The zero-order valence-electron chi connectivity index (χ0n) is 14.2. The van der Waals surface area contributed by atoms with Crippen molar-refractivity contribution in [3.63, 3.8) is 0 Å². The number of amides is 1. The van der Waals surface area contributed by atoms with Gasteiger partial charge in [-0.05, 0) is 12.8 Å². The summed E-state index contributed by atoms with van der Waals surface area (Å²) in [6, 6.07) is 0. The average molecular weight is 321 g/mol. The summed E-state index contributed by atoms with van der Waals surface area (Å²) in [6.45, 7) is 7.88. The van der Waals surface area contributed by atoms with Crippen molar-refractivity contribution >= 4 is 5.91 Å². The van der Waals surface area contributed by atoms with E-state index in [0.29, 0.717) is 12.3 Å². The smallest absolute Gasteiger partial charge is 0.222 e. The van der Waals surface area contributed by atoms with Crippen molar-refractivity contribution in [1.82, 2.24) is 24.6 Å². The Morgan fingerprint density at radius 3 is 2.78 bits per heavy atom. The van der Waals surface area contributed by atoms with Crippen molar-refractivity contribution < 1.29 is 9.53 Å². The summed E-state index contributed by atoms with van der Waals surface area (Å²) in [7, 11) is 2.05. The Kier molecular flexibility index (Phi) is 5.27. The zero-order valence-corrected chi connectivity index (χ0v) is 14.2. The van der Waals surface area contributed by atoms with E-state index in [-0.39, 0.29) is 5.91 Å². The van der Waals surface area contributed by atoms with Crippen LogP contribution < -0.4 is 0 Å². The minimum atomic E-state index is 0.241. The number of nitrogens with zero attached hydrogens (tertiary/aromatic N) is 5. The van der Waals surface area contributed by atoms with Gasteiger partial charge >= 0.3 is 0 Å². The number of rotatable bonds is 4. The molecule has 2 fully saturated rings. The van der Waals surface area contributed by atoms with E-state index < -0.39 is 0 Å². The molecule has 1 atom stereocenters. The maximum Gasteiger partial charge on any atom is 0.222 e. The molecule has 23 heavy (non-hydrogen) atoms. The van der Waals surface area contributed by atoms with Gasteiger partial charge in [-0.2, -0.15) is 0 Å². The van der Waals surface area contributed by atoms with Crippen molar-refractivity contribution in [3.05, 3.63) is 11.6 Å². The number of aromatic nitrogens is 3. The number of morpholine rings is 1. The second-order valence-electron chi connectivity index (χ2n) is 6.45. The van der Waals surface area contributed by atoms with E-state index in [2.05, 4.69) is 19.7 Å². The van der Waals surface area contributed by atoms with Crippen LogP contribution in [0.2, 0.25) is 0 Å². The summed E-state index contributed by atoms with van der Waals surface area (Å²) in [5, 5.41) is 8.84. The molecule has 1 aromatic rings. The van der Waals surface area contributed by atoms with E-state index in [1.54, 1.807) is 0 Å². The van der Waals surface area contributed by atoms with Gasteiger partial charge in [-0.1, -0.05) is 6.92 Å². The Balaban J connectivity index is 1.67. The van der Waals surface area contributed by atoms with Crippen LogP contribution in [0.3, 0.4) is 0 Å². The van der Waals surface area contributed by atoms with Crippen molar-refractivity contribution in [2.24, 2.45) is 7.05 Å². The van der Waals surface area contributed by atoms with Gasteiger partial charge in [0, 0.05) is 45.6 Å². The topological polar surface area (TPSA) is 63.5 Å². The van der Waals surface area contributed by atoms with E-state index in [1.165, 1.54) is 0 Å². The molecule has 0 unspecified atom stereocenters. The molecule has 0 saturated carbocycles. The Bertz CT molecular complexity index is 539. The highest BCUT2D eigenvalue weighted by molar-refractivity contribution is 5.75. The fourth-order valence-electron chi connectivity index (χ4n) is 3.47. The van der Waals surface area contributed by atoms with E-state index in [9.17, 15) is 4.79 Å².